The van der Waals surface area contributed by atoms with Crippen molar-refractivity contribution in [2.75, 3.05) is 23.3 Å². The summed E-state index contributed by atoms with van der Waals surface area (Å²) in [6.45, 7) is 5.41. The Bertz CT molecular complexity index is 654. The van der Waals surface area contributed by atoms with E-state index < -0.39 is 0 Å². The molecule has 1 heterocycles. The average molecular weight is 340 g/mol. The summed E-state index contributed by atoms with van der Waals surface area (Å²) in [5, 5.41) is 7.10. The van der Waals surface area contributed by atoms with E-state index in [2.05, 4.69) is 46.7 Å². The fourth-order valence-electron chi connectivity index (χ4n) is 3.13. The van der Waals surface area contributed by atoms with Crippen molar-refractivity contribution in [1.29, 1.82) is 0 Å². The van der Waals surface area contributed by atoms with Crippen LogP contribution in [0.1, 0.15) is 25.3 Å². The molecule has 24 heavy (non-hydrogen) atoms. The second-order valence-corrected chi connectivity index (χ2v) is 6.94. The van der Waals surface area contributed by atoms with Crippen molar-refractivity contribution in [2.45, 2.75) is 26.3 Å². The molecule has 3 rings (SSSR count). The predicted octanol–water partition coefficient (Wildman–Crippen LogP) is 4.41. The summed E-state index contributed by atoms with van der Waals surface area (Å²) in [6, 6.07) is 18.8. The summed E-state index contributed by atoms with van der Waals surface area (Å²) in [6.07, 6.45) is 2.65. The number of anilines is 2. The third kappa shape index (κ3) is 4.71. The van der Waals surface area contributed by atoms with Gasteiger partial charge in [0.25, 0.3) is 0 Å². The number of thiocarbonyl (C=S) groups is 1. The number of benzene rings is 2. The molecule has 0 saturated carbocycles. The van der Waals surface area contributed by atoms with Gasteiger partial charge in [-0.1, -0.05) is 37.3 Å². The van der Waals surface area contributed by atoms with Gasteiger partial charge in [0.2, 0.25) is 0 Å². The van der Waals surface area contributed by atoms with Crippen LogP contribution in [0, 0.1) is 5.92 Å². The number of para-hydroxylation sites is 1. The van der Waals surface area contributed by atoms with E-state index in [0.29, 0.717) is 5.11 Å². The number of nitrogens with one attached hydrogen (secondary N) is 2. The van der Waals surface area contributed by atoms with Gasteiger partial charge in [-0.2, -0.15) is 0 Å². The van der Waals surface area contributed by atoms with E-state index in [1.807, 2.05) is 30.3 Å². The lowest BCUT2D eigenvalue weighted by molar-refractivity contribution is 0.447. The van der Waals surface area contributed by atoms with Crippen LogP contribution in [0.4, 0.5) is 11.4 Å². The molecule has 0 aromatic heterocycles. The lowest BCUT2D eigenvalue weighted by Gasteiger charge is -2.32. The second-order valence-electron chi connectivity index (χ2n) is 6.53. The highest BCUT2D eigenvalue weighted by Crippen LogP contribution is 2.23. The standard InChI is InChI=1S/C20H25N3S/c1-16-6-5-13-23(15-16)19-11-9-17(10-12-19)14-21-20(24)22-18-7-3-2-4-8-18/h2-4,7-12,16H,5-6,13-15H2,1H3,(H2,21,22,24). The molecule has 1 aliphatic rings. The molecule has 0 spiro atoms. The van der Waals surface area contributed by atoms with Crippen molar-refractivity contribution in [3.05, 3.63) is 60.2 Å². The van der Waals surface area contributed by atoms with Crippen LogP contribution in [0.15, 0.2) is 54.6 Å². The quantitative estimate of drug-likeness (QED) is 0.807. The van der Waals surface area contributed by atoms with Gasteiger partial charge in [-0.05, 0) is 60.8 Å². The van der Waals surface area contributed by atoms with Crippen molar-refractivity contribution in [2.24, 2.45) is 5.92 Å². The van der Waals surface area contributed by atoms with E-state index in [1.165, 1.54) is 37.2 Å². The van der Waals surface area contributed by atoms with Crippen molar-refractivity contribution in [3.8, 4) is 0 Å². The molecule has 1 unspecified atom stereocenters. The highest BCUT2D eigenvalue weighted by atomic mass is 32.1. The van der Waals surface area contributed by atoms with E-state index in [-0.39, 0.29) is 0 Å². The molecule has 1 saturated heterocycles. The molecule has 4 heteroatoms. The van der Waals surface area contributed by atoms with Crippen LogP contribution in [0.3, 0.4) is 0 Å². The Hall–Kier alpha value is -2.07. The first-order chi connectivity index (χ1) is 11.7. The molecule has 3 nitrogen and oxygen atoms in total. The molecule has 0 amide bonds. The highest BCUT2D eigenvalue weighted by Gasteiger charge is 2.16. The number of rotatable bonds is 4. The van der Waals surface area contributed by atoms with Gasteiger partial charge >= 0.3 is 0 Å². The minimum atomic E-state index is 0.648. The van der Waals surface area contributed by atoms with Crippen molar-refractivity contribution in [1.82, 2.24) is 5.32 Å². The molecule has 1 fully saturated rings. The summed E-state index contributed by atoms with van der Waals surface area (Å²) in [5.41, 5.74) is 3.57. The molecule has 1 aliphatic heterocycles. The van der Waals surface area contributed by atoms with Gasteiger partial charge in [-0.25, -0.2) is 0 Å². The van der Waals surface area contributed by atoms with E-state index in [1.54, 1.807) is 0 Å². The minimum absolute atomic E-state index is 0.648. The van der Waals surface area contributed by atoms with Crippen LogP contribution in [0.25, 0.3) is 0 Å². The Morgan fingerprint density at radius 2 is 1.88 bits per heavy atom. The summed E-state index contributed by atoms with van der Waals surface area (Å²) < 4.78 is 0. The molecule has 2 aromatic rings. The van der Waals surface area contributed by atoms with Crippen LogP contribution < -0.4 is 15.5 Å². The van der Waals surface area contributed by atoms with Gasteiger partial charge in [-0.15, -0.1) is 0 Å². The Morgan fingerprint density at radius 1 is 1.12 bits per heavy atom. The van der Waals surface area contributed by atoms with Crippen molar-refractivity contribution in [3.63, 3.8) is 0 Å². The molecule has 1 atom stereocenters. The molecule has 0 bridgehead atoms. The first-order valence-electron chi connectivity index (χ1n) is 8.64. The van der Waals surface area contributed by atoms with Crippen LogP contribution >= 0.6 is 12.2 Å². The van der Waals surface area contributed by atoms with Crippen LogP contribution in [-0.4, -0.2) is 18.2 Å². The summed E-state index contributed by atoms with van der Waals surface area (Å²) in [4.78, 5) is 2.49. The fourth-order valence-corrected chi connectivity index (χ4v) is 3.32. The zero-order chi connectivity index (χ0) is 16.8. The number of piperidine rings is 1. The highest BCUT2D eigenvalue weighted by molar-refractivity contribution is 7.80. The minimum Gasteiger partial charge on any atom is -0.371 e. The Labute approximate surface area is 150 Å². The molecular weight excluding hydrogens is 314 g/mol. The van der Waals surface area contributed by atoms with Crippen LogP contribution in [0.5, 0.6) is 0 Å². The summed E-state index contributed by atoms with van der Waals surface area (Å²) in [5.74, 6) is 0.793. The van der Waals surface area contributed by atoms with E-state index >= 15 is 0 Å². The molecule has 126 valence electrons. The van der Waals surface area contributed by atoms with Gasteiger partial charge in [-0.3, -0.25) is 0 Å². The SMILES string of the molecule is CC1CCCN(c2ccc(CNC(=S)Nc3ccccc3)cc2)C1. The molecular formula is C20H25N3S. The Kier molecular flexibility index (Phi) is 5.70. The van der Waals surface area contributed by atoms with Gasteiger partial charge in [0.15, 0.2) is 5.11 Å². The zero-order valence-electron chi connectivity index (χ0n) is 14.2. The van der Waals surface area contributed by atoms with Crippen LogP contribution in [-0.2, 0) is 6.54 Å². The largest absolute Gasteiger partial charge is 0.371 e. The fraction of sp³-hybridized carbons (Fsp3) is 0.350. The first-order valence-corrected chi connectivity index (χ1v) is 9.05. The Morgan fingerprint density at radius 3 is 2.58 bits per heavy atom. The van der Waals surface area contributed by atoms with E-state index in [0.717, 1.165) is 18.2 Å². The zero-order valence-corrected chi connectivity index (χ0v) is 15.0. The van der Waals surface area contributed by atoms with Crippen molar-refractivity contribution < 1.29 is 0 Å². The smallest absolute Gasteiger partial charge is 0.171 e. The van der Waals surface area contributed by atoms with Gasteiger partial charge < -0.3 is 15.5 Å². The summed E-state index contributed by atoms with van der Waals surface area (Å²) >= 11 is 5.35. The van der Waals surface area contributed by atoms with E-state index in [9.17, 15) is 0 Å². The number of hydrogen-bond acceptors (Lipinski definition) is 2. The van der Waals surface area contributed by atoms with Crippen LogP contribution in [0.2, 0.25) is 0 Å². The first kappa shape index (κ1) is 16.8. The summed E-state index contributed by atoms with van der Waals surface area (Å²) in [7, 11) is 0. The molecule has 2 N–H and O–H groups in total. The maximum Gasteiger partial charge on any atom is 0.171 e. The number of hydrogen-bond donors (Lipinski definition) is 2. The van der Waals surface area contributed by atoms with Gasteiger partial charge in [0, 0.05) is 31.0 Å². The van der Waals surface area contributed by atoms with Gasteiger partial charge in [0.1, 0.15) is 0 Å². The predicted molar refractivity (Wildman–Crippen MR) is 107 cm³/mol. The maximum atomic E-state index is 5.35. The second kappa shape index (κ2) is 8.15. The number of nitrogens with zero attached hydrogens (tertiary/aromatic N) is 1. The maximum absolute atomic E-state index is 5.35. The monoisotopic (exact) mass is 339 g/mol. The van der Waals surface area contributed by atoms with Crippen molar-refractivity contribution >= 4 is 28.7 Å². The van der Waals surface area contributed by atoms with Gasteiger partial charge in [0.05, 0.1) is 0 Å². The third-order valence-electron chi connectivity index (χ3n) is 4.44. The molecule has 2 aromatic carbocycles. The Balaban J connectivity index is 1.50. The normalized spacial score (nSPS) is 17.4. The average Bonchev–Trinajstić information content (AvgIpc) is 2.61. The lowest BCUT2D eigenvalue weighted by Crippen LogP contribution is -2.34. The topological polar surface area (TPSA) is 27.3 Å². The molecule has 0 radical (unpaired) electrons. The third-order valence-corrected chi connectivity index (χ3v) is 4.69. The molecule has 0 aliphatic carbocycles. The lowest BCUT2D eigenvalue weighted by atomic mass is 9.99. The van der Waals surface area contributed by atoms with E-state index in [4.69, 9.17) is 12.2 Å².